The van der Waals surface area contributed by atoms with E-state index in [-0.39, 0.29) is 29.6 Å². The highest BCUT2D eigenvalue weighted by molar-refractivity contribution is 7.89. The van der Waals surface area contributed by atoms with Crippen molar-refractivity contribution >= 4 is 21.4 Å². The van der Waals surface area contributed by atoms with Gasteiger partial charge in [0.2, 0.25) is 15.9 Å². The molecule has 2 heterocycles. The van der Waals surface area contributed by atoms with E-state index in [9.17, 15) is 18.5 Å². The van der Waals surface area contributed by atoms with Crippen LogP contribution in [0.2, 0.25) is 0 Å². The van der Waals surface area contributed by atoms with Gasteiger partial charge in [-0.1, -0.05) is 6.07 Å². The minimum Gasteiger partial charge on any atom is -0.497 e. The molecular formula is C20H18N6O6S. The van der Waals surface area contributed by atoms with Gasteiger partial charge in [0.25, 0.3) is 5.69 Å². The second-order valence-electron chi connectivity index (χ2n) is 6.69. The molecule has 0 atom stereocenters. The van der Waals surface area contributed by atoms with Gasteiger partial charge in [0.1, 0.15) is 12.4 Å². The average molecular weight is 470 g/mol. The van der Waals surface area contributed by atoms with Crippen LogP contribution in [0.4, 0.5) is 5.69 Å². The molecule has 33 heavy (non-hydrogen) atoms. The summed E-state index contributed by atoms with van der Waals surface area (Å²) in [6, 6.07) is 15.3. The Balaban J connectivity index is 1.42. The summed E-state index contributed by atoms with van der Waals surface area (Å²) in [5, 5.41) is 23.5. The average Bonchev–Trinajstić information content (AvgIpc) is 3.25. The second kappa shape index (κ2) is 9.18. The van der Waals surface area contributed by atoms with Gasteiger partial charge in [-0.15, -0.1) is 15.3 Å². The van der Waals surface area contributed by atoms with Gasteiger partial charge < -0.3 is 9.47 Å². The minimum absolute atomic E-state index is 0.0212. The van der Waals surface area contributed by atoms with Crippen molar-refractivity contribution in [2.75, 3.05) is 20.3 Å². The number of fused-ring (bicyclic) bond motifs is 1. The van der Waals surface area contributed by atoms with Crippen LogP contribution in [0.3, 0.4) is 0 Å². The third kappa shape index (κ3) is 4.88. The third-order valence-corrected chi connectivity index (χ3v) is 6.03. The Morgan fingerprint density at radius 3 is 2.61 bits per heavy atom. The molecule has 0 spiro atoms. The quantitative estimate of drug-likeness (QED) is 0.220. The maximum absolute atomic E-state index is 12.4. The number of nitro benzene ring substituents is 1. The first kappa shape index (κ1) is 22.1. The van der Waals surface area contributed by atoms with Crippen molar-refractivity contribution in [1.82, 2.24) is 24.5 Å². The molecule has 13 heteroatoms. The Kier molecular flexibility index (Phi) is 6.15. The lowest BCUT2D eigenvalue weighted by Crippen LogP contribution is -2.28. The summed E-state index contributed by atoms with van der Waals surface area (Å²) in [4.78, 5) is 10.00. The SMILES string of the molecule is COc1ccc(-c2nnc3ccc(OCCNS(=O)(=O)c4cccc([N+](=O)[O-])c4)nn23)cc1. The van der Waals surface area contributed by atoms with Crippen LogP contribution in [0.25, 0.3) is 17.0 Å². The highest BCUT2D eigenvalue weighted by Gasteiger charge is 2.17. The second-order valence-corrected chi connectivity index (χ2v) is 8.46. The summed E-state index contributed by atoms with van der Waals surface area (Å²) in [6.45, 7) is -0.0923. The molecule has 0 fully saturated rings. The van der Waals surface area contributed by atoms with E-state index in [0.717, 1.165) is 11.6 Å². The molecule has 0 aliphatic carbocycles. The van der Waals surface area contributed by atoms with Crippen molar-refractivity contribution in [3.8, 4) is 23.0 Å². The normalized spacial score (nSPS) is 11.4. The van der Waals surface area contributed by atoms with E-state index in [1.54, 1.807) is 31.4 Å². The topological polar surface area (TPSA) is 151 Å². The zero-order chi connectivity index (χ0) is 23.4. The van der Waals surface area contributed by atoms with E-state index < -0.39 is 14.9 Å². The predicted molar refractivity (Wildman–Crippen MR) is 117 cm³/mol. The summed E-state index contributed by atoms with van der Waals surface area (Å²) < 4.78 is 39.3. The summed E-state index contributed by atoms with van der Waals surface area (Å²) in [7, 11) is -2.36. The van der Waals surface area contributed by atoms with Crippen molar-refractivity contribution in [3.05, 3.63) is 70.8 Å². The number of benzene rings is 2. The molecular weight excluding hydrogens is 452 g/mol. The number of nitro groups is 1. The maximum Gasteiger partial charge on any atom is 0.270 e. The largest absolute Gasteiger partial charge is 0.497 e. The molecule has 12 nitrogen and oxygen atoms in total. The molecule has 2 aromatic heterocycles. The van der Waals surface area contributed by atoms with Crippen molar-refractivity contribution < 1.29 is 22.8 Å². The Labute approximate surface area is 188 Å². The lowest BCUT2D eigenvalue weighted by Gasteiger charge is -2.08. The van der Waals surface area contributed by atoms with Crippen LogP contribution in [0.15, 0.2) is 65.6 Å². The fraction of sp³-hybridized carbons (Fsp3) is 0.150. The van der Waals surface area contributed by atoms with Crippen LogP contribution in [-0.2, 0) is 10.0 Å². The number of methoxy groups -OCH3 is 1. The fourth-order valence-electron chi connectivity index (χ4n) is 2.95. The number of hydrogen-bond acceptors (Lipinski definition) is 9. The number of nitrogens with zero attached hydrogens (tertiary/aromatic N) is 5. The van der Waals surface area contributed by atoms with Gasteiger partial charge in [-0.25, -0.2) is 13.1 Å². The highest BCUT2D eigenvalue weighted by Crippen LogP contribution is 2.22. The molecule has 0 unspecified atom stereocenters. The van der Waals surface area contributed by atoms with Gasteiger partial charge in [0, 0.05) is 30.3 Å². The molecule has 2 aromatic carbocycles. The number of ether oxygens (including phenoxy) is 2. The molecule has 0 aliphatic rings. The molecule has 0 saturated carbocycles. The molecule has 4 aromatic rings. The number of sulfonamides is 1. The highest BCUT2D eigenvalue weighted by atomic mass is 32.2. The first-order chi connectivity index (χ1) is 15.9. The van der Waals surface area contributed by atoms with Gasteiger partial charge in [-0.2, -0.15) is 4.52 Å². The van der Waals surface area contributed by atoms with E-state index >= 15 is 0 Å². The van der Waals surface area contributed by atoms with Crippen LogP contribution in [0, 0.1) is 10.1 Å². The number of hydrogen-bond donors (Lipinski definition) is 1. The maximum atomic E-state index is 12.4. The number of non-ortho nitro benzene ring substituents is 1. The lowest BCUT2D eigenvalue weighted by atomic mass is 10.2. The molecule has 170 valence electrons. The zero-order valence-corrected chi connectivity index (χ0v) is 18.1. The lowest BCUT2D eigenvalue weighted by molar-refractivity contribution is -0.385. The van der Waals surface area contributed by atoms with Crippen LogP contribution >= 0.6 is 0 Å². The molecule has 4 rings (SSSR count). The summed E-state index contributed by atoms with van der Waals surface area (Å²) in [5.74, 6) is 1.45. The molecule has 0 radical (unpaired) electrons. The third-order valence-electron chi connectivity index (χ3n) is 4.57. The van der Waals surface area contributed by atoms with Crippen LogP contribution in [-0.4, -0.2) is 53.4 Å². The van der Waals surface area contributed by atoms with Crippen LogP contribution in [0.5, 0.6) is 11.6 Å². The van der Waals surface area contributed by atoms with E-state index in [2.05, 4.69) is 20.0 Å². The van der Waals surface area contributed by atoms with Gasteiger partial charge in [-0.3, -0.25) is 10.1 Å². The smallest absolute Gasteiger partial charge is 0.270 e. The predicted octanol–water partition coefficient (Wildman–Crippen LogP) is 2.07. The summed E-state index contributed by atoms with van der Waals surface area (Å²) >= 11 is 0. The standard InChI is InChI=1S/C20H18N6O6S/c1-31-16-7-5-14(6-8-16)20-23-22-18-9-10-19(24-25(18)20)32-12-11-21-33(29,30)17-4-2-3-15(13-17)26(27)28/h2-10,13,21H,11-12H2,1H3. The van der Waals surface area contributed by atoms with Crippen molar-refractivity contribution in [1.29, 1.82) is 0 Å². The monoisotopic (exact) mass is 470 g/mol. The fourth-order valence-corrected chi connectivity index (χ4v) is 4.00. The number of rotatable bonds is 9. The van der Waals surface area contributed by atoms with Gasteiger partial charge in [0.15, 0.2) is 11.5 Å². The number of nitrogens with one attached hydrogen (secondary N) is 1. The van der Waals surface area contributed by atoms with Gasteiger partial charge in [-0.05, 0) is 36.4 Å². The van der Waals surface area contributed by atoms with Crippen LogP contribution < -0.4 is 14.2 Å². The zero-order valence-electron chi connectivity index (χ0n) is 17.3. The Bertz CT molecular complexity index is 1400. The summed E-state index contributed by atoms with van der Waals surface area (Å²) in [5.41, 5.74) is 0.977. The number of aromatic nitrogens is 4. The van der Waals surface area contributed by atoms with E-state index in [0.29, 0.717) is 17.2 Å². The van der Waals surface area contributed by atoms with Crippen molar-refractivity contribution in [2.24, 2.45) is 0 Å². The van der Waals surface area contributed by atoms with E-state index in [4.69, 9.17) is 9.47 Å². The van der Waals surface area contributed by atoms with Gasteiger partial charge >= 0.3 is 0 Å². The Hall–Kier alpha value is -4.10. The molecule has 0 saturated heterocycles. The molecule has 0 amide bonds. The van der Waals surface area contributed by atoms with Crippen molar-refractivity contribution in [2.45, 2.75) is 4.90 Å². The molecule has 0 bridgehead atoms. The Morgan fingerprint density at radius 2 is 1.88 bits per heavy atom. The molecule has 0 aliphatic heterocycles. The first-order valence-electron chi connectivity index (χ1n) is 9.61. The van der Waals surface area contributed by atoms with E-state index in [1.807, 2.05) is 12.1 Å². The summed E-state index contributed by atoms with van der Waals surface area (Å²) in [6.07, 6.45) is 0. The van der Waals surface area contributed by atoms with Gasteiger partial charge in [0.05, 0.1) is 16.9 Å². The van der Waals surface area contributed by atoms with Crippen molar-refractivity contribution in [3.63, 3.8) is 0 Å². The van der Waals surface area contributed by atoms with E-state index in [1.165, 1.54) is 22.7 Å². The first-order valence-corrected chi connectivity index (χ1v) is 11.1. The molecule has 1 N–H and O–H groups in total. The minimum atomic E-state index is -3.94. The van der Waals surface area contributed by atoms with Crippen LogP contribution in [0.1, 0.15) is 0 Å². The Morgan fingerprint density at radius 1 is 1.09 bits per heavy atom.